The number of aromatic nitrogens is 5. The van der Waals surface area contributed by atoms with E-state index in [0.717, 1.165) is 85.2 Å². The number of H-pyrrole nitrogens is 1. The zero-order valence-electron chi connectivity index (χ0n) is 19.2. The van der Waals surface area contributed by atoms with Crippen LogP contribution in [0.2, 0.25) is 0 Å². The predicted molar refractivity (Wildman–Crippen MR) is 137 cm³/mol. The number of hydrogen-bond acceptors (Lipinski definition) is 8. The van der Waals surface area contributed by atoms with Gasteiger partial charge in [0.1, 0.15) is 17.2 Å². The van der Waals surface area contributed by atoms with Crippen LogP contribution in [0.25, 0.3) is 11.2 Å². The topological polar surface area (TPSA) is 109 Å². The molecule has 4 aromatic rings. The third-order valence-corrected chi connectivity index (χ3v) is 7.52. The number of pyridine rings is 1. The molecule has 9 nitrogen and oxygen atoms in total. The molecule has 1 atom stereocenters. The van der Waals surface area contributed by atoms with Gasteiger partial charge in [0.05, 0.1) is 23.6 Å². The van der Waals surface area contributed by atoms with Gasteiger partial charge in [-0.3, -0.25) is 10.1 Å². The highest BCUT2D eigenvalue weighted by Gasteiger charge is 2.48. The van der Waals surface area contributed by atoms with Crippen LogP contribution in [-0.4, -0.2) is 50.4 Å². The Labute approximate surface area is 209 Å². The van der Waals surface area contributed by atoms with Gasteiger partial charge >= 0.3 is 0 Å². The average Bonchev–Trinajstić information content (AvgIpc) is 3.43. The number of piperidine rings is 1. The van der Waals surface area contributed by atoms with Gasteiger partial charge in [0, 0.05) is 44.2 Å². The van der Waals surface area contributed by atoms with Crippen LogP contribution in [0.15, 0.2) is 48.8 Å². The lowest BCUT2D eigenvalue weighted by Crippen LogP contribution is -2.51. The molecule has 3 aliphatic heterocycles. The van der Waals surface area contributed by atoms with Gasteiger partial charge in [0.25, 0.3) is 0 Å². The molecule has 10 heteroatoms. The van der Waals surface area contributed by atoms with E-state index in [1.54, 1.807) is 0 Å². The Morgan fingerprint density at radius 1 is 1.06 bits per heavy atom. The minimum Gasteiger partial charge on any atom is -0.485 e. The average molecular weight is 491 g/mol. The fourth-order valence-corrected chi connectivity index (χ4v) is 5.66. The van der Waals surface area contributed by atoms with Crippen LogP contribution in [-0.2, 0) is 6.42 Å². The molecule has 1 aromatic carbocycles. The Balaban J connectivity index is 0.00000229. The van der Waals surface area contributed by atoms with Crippen LogP contribution in [0.4, 0.5) is 17.3 Å². The third-order valence-electron chi connectivity index (χ3n) is 7.52. The molecule has 0 saturated carbocycles. The summed E-state index contributed by atoms with van der Waals surface area (Å²) in [5, 5.41) is 7.69. The maximum absolute atomic E-state index is 6.63. The number of rotatable bonds is 2. The maximum atomic E-state index is 6.63. The second-order valence-corrected chi connectivity index (χ2v) is 9.37. The number of fused-ring (bicyclic) bond motifs is 3. The molecule has 1 spiro atoms. The van der Waals surface area contributed by atoms with Gasteiger partial charge in [-0.1, -0.05) is 18.2 Å². The molecule has 0 radical (unpaired) electrons. The molecule has 6 heterocycles. The molecule has 3 N–H and O–H groups in total. The summed E-state index contributed by atoms with van der Waals surface area (Å²) >= 11 is 0. The van der Waals surface area contributed by atoms with E-state index in [1.807, 2.05) is 36.7 Å². The lowest BCUT2D eigenvalue weighted by Gasteiger charge is -2.41. The van der Waals surface area contributed by atoms with Crippen LogP contribution >= 0.6 is 12.4 Å². The Morgan fingerprint density at radius 2 is 1.91 bits per heavy atom. The number of aromatic amines is 1. The third kappa shape index (κ3) is 3.41. The summed E-state index contributed by atoms with van der Waals surface area (Å²) in [4.78, 5) is 18.7. The van der Waals surface area contributed by atoms with E-state index in [0.29, 0.717) is 5.65 Å². The van der Waals surface area contributed by atoms with Crippen molar-refractivity contribution >= 4 is 40.9 Å². The van der Waals surface area contributed by atoms with Gasteiger partial charge in [-0.2, -0.15) is 5.10 Å². The molecule has 7 rings (SSSR count). The molecular formula is C25H27ClN8O. The predicted octanol–water partition coefficient (Wildman–Crippen LogP) is 3.69. The van der Waals surface area contributed by atoms with Crippen molar-refractivity contribution in [1.82, 2.24) is 25.1 Å². The first-order valence-corrected chi connectivity index (χ1v) is 11.9. The lowest BCUT2D eigenvalue weighted by atomic mass is 9.83. The van der Waals surface area contributed by atoms with E-state index in [-0.39, 0.29) is 24.0 Å². The minimum absolute atomic E-state index is 0. The number of anilines is 3. The van der Waals surface area contributed by atoms with Gasteiger partial charge < -0.3 is 20.3 Å². The SMILES string of the molecule is Cl.NC1c2ccccc2OC12CCN(c1cnc3c(N4CCCc5ncccc54)n[nH]c3n1)CC2. The number of para-hydroxylation sites is 1. The summed E-state index contributed by atoms with van der Waals surface area (Å²) in [6.07, 6.45) is 7.41. The van der Waals surface area contributed by atoms with Crippen LogP contribution in [0.1, 0.15) is 36.6 Å². The lowest BCUT2D eigenvalue weighted by molar-refractivity contribution is 0.0431. The van der Waals surface area contributed by atoms with Gasteiger partial charge in [0.2, 0.25) is 0 Å². The zero-order chi connectivity index (χ0) is 22.7. The van der Waals surface area contributed by atoms with E-state index in [4.69, 9.17) is 20.4 Å². The summed E-state index contributed by atoms with van der Waals surface area (Å²) in [6.45, 7) is 2.51. The van der Waals surface area contributed by atoms with Crippen molar-refractivity contribution in [3.63, 3.8) is 0 Å². The molecule has 0 bridgehead atoms. The highest BCUT2D eigenvalue weighted by atomic mass is 35.5. The first kappa shape index (κ1) is 22.1. The van der Waals surface area contributed by atoms with Crippen molar-refractivity contribution in [1.29, 1.82) is 0 Å². The van der Waals surface area contributed by atoms with E-state index in [9.17, 15) is 0 Å². The van der Waals surface area contributed by atoms with Crippen LogP contribution in [0, 0.1) is 0 Å². The maximum Gasteiger partial charge on any atom is 0.183 e. The smallest absolute Gasteiger partial charge is 0.183 e. The number of hydrogen-bond donors (Lipinski definition) is 2. The van der Waals surface area contributed by atoms with Gasteiger partial charge in [-0.15, -0.1) is 12.4 Å². The van der Waals surface area contributed by atoms with E-state index in [1.165, 1.54) is 0 Å². The molecule has 1 fully saturated rings. The van der Waals surface area contributed by atoms with Crippen molar-refractivity contribution in [2.75, 3.05) is 29.4 Å². The monoisotopic (exact) mass is 490 g/mol. The Bertz CT molecular complexity index is 1380. The van der Waals surface area contributed by atoms with E-state index >= 15 is 0 Å². The van der Waals surface area contributed by atoms with Gasteiger partial charge in [-0.05, 0) is 31.0 Å². The van der Waals surface area contributed by atoms with Crippen LogP contribution in [0.3, 0.4) is 0 Å². The first-order valence-electron chi connectivity index (χ1n) is 11.9. The van der Waals surface area contributed by atoms with Gasteiger partial charge in [-0.25, -0.2) is 9.97 Å². The number of nitrogens with one attached hydrogen (secondary N) is 1. The van der Waals surface area contributed by atoms with E-state index < -0.39 is 0 Å². The summed E-state index contributed by atoms with van der Waals surface area (Å²) in [7, 11) is 0. The summed E-state index contributed by atoms with van der Waals surface area (Å²) in [5.74, 6) is 2.58. The fourth-order valence-electron chi connectivity index (χ4n) is 5.66. The largest absolute Gasteiger partial charge is 0.485 e. The quantitative estimate of drug-likeness (QED) is 0.438. The summed E-state index contributed by atoms with van der Waals surface area (Å²) in [6, 6.07) is 12.1. The zero-order valence-corrected chi connectivity index (χ0v) is 20.0. The number of aryl methyl sites for hydroxylation is 1. The molecule has 180 valence electrons. The highest BCUT2D eigenvalue weighted by Crippen LogP contribution is 2.47. The molecule has 35 heavy (non-hydrogen) atoms. The molecule has 3 aromatic heterocycles. The molecule has 0 aliphatic carbocycles. The first-order chi connectivity index (χ1) is 16.7. The summed E-state index contributed by atoms with van der Waals surface area (Å²) in [5.41, 5.74) is 11.1. The normalized spacial score (nSPS) is 20.3. The standard InChI is InChI=1S/C25H26N8O.ClH/c26-22-16-5-1-2-8-19(16)34-25(22)9-13-32(14-10-25)20-15-28-21-23(29-20)30-31-24(21)33-12-4-6-17-18(33)7-3-11-27-17;/h1-3,5,7-8,11,15,22H,4,6,9-10,12-14,26H2,(H,29,30,31);1H. The Kier molecular flexibility index (Phi) is 5.26. The summed E-state index contributed by atoms with van der Waals surface area (Å²) < 4.78 is 6.39. The molecule has 3 aliphatic rings. The Hall–Kier alpha value is -3.43. The van der Waals surface area contributed by atoms with Crippen molar-refractivity contribution in [2.45, 2.75) is 37.3 Å². The molecular weight excluding hydrogens is 464 g/mol. The second-order valence-electron chi connectivity index (χ2n) is 9.37. The van der Waals surface area contributed by atoms with Crippen molar-refractivity contribution < 1.29 is 4.74 Å². The van der Waals surface area contributed by atoms with Crippen LogP contribution in [0.5, 0.6) is 5.75 Å². The number of nitrogens with two attached hydrogens (primary N) is 1. The van der Waals surface area contributed by atoms with Crippen molar-refractivity contribution in [3.8, 4) is 5.75 Å². The number of halogens is 1. The van der Waals surface area contributed by atoms with Gasteiger partial charge in [0.15, 0.2) is 17.0 Å². The van der Waals surface area contributed by atoms with E-state index in [2.05, 4.69) is 37.1 Å². The molecule has 1 unspecified atom stereocenters. The van der Waals surface area contributed by atoms with Crippen LogP contribution < -0.4 is 20.3 Å². The molecule has 1 saturated heterocycles. The number of nitrogens with zero attached hydrogens (tertiary/aromatic N) is 6. The Morgan fingerprint density at radius 3 is 2.77 bits per heavy atom. The number of ether oxygens (including phenoxy) is 1. The fraction of sp³-hybridized carbons (Fsp3) is 0.360. The van der Waals surface area contributed by atoms with Crippen molar-refractivity contribution in [2.24, 2.45) is 5.73 Å². The van der Waals surface area contributed by atoms with Crippen molar-refractivity contribution in [3.05, 3.63) is 60.0 Å². The second kappa shape index (κ2) is 8.35. The minimum atomic E-state index is -0.339. The number of benzene rings is 1. The molecule has 0 amide bonds. The highest BCUT2D eigenvalue weighted by molar-refractivity contribution is 5.87.